The Kier molecular flexibility index (Phi) is 10.3. The molecule has 3 N–H and O–H groups in total. The summed E-state index contributed by atoms with van der Waals surface area (Å²) in [5.41, 5.74) is 7.98. The average Bonchev–Trinajstić information content (AvgIpc) is 2.71. The van der Waals surface area contributed by atoms with Gasteiger partial charge in [-0.05, 0) is 47.9 Å². The van der Waals surface area contributed by atoms with Crippen LogP contribution in [0.15, 0.2) is 41.4 Å². The van der Waals surface area contributed by atoms with Crippen LogP contribution in [0, 0.1) is 0 Å². The Labute approximate surface area is 183 Å². The fourth-order valence-corrected chi connectivity index (χ4v) is 2.61. The molecule has 7 nitrogen and oxygen atoms in total. The summed E-state index contributed by atoms with van der Waals surface area (Å²) in [5, 5.41) is 3.12. The second kappa shape index (κ2) is 12.2. The molecule has 2 aromatic carbocycles. The molecule has 154 valence electrons. The van der Waals surface area contributed by atoms with Crippen LogP contribution in [0.3, 0.4) is 0 Å². The Morgan fingerprint density at radius 1 is 0.893 bits per heavy atom. The molecule has 0 bridgehead atoms. The summed E-state index contributed by atoms with van der Waals surface area (Å²) < 4.78 is 21.2. The molecule has 0 spiro atoms. The molecule has 2 aromatic rings. The second-order valence-corrected chi connectivity index (χ2v) is 5.75. The SMILES string of the molecule is COc1ccc(OC)c(CCNC(N)=NCc2ccc(OC)c(OC)c2)c1.I. The van der Waals surface area contributed by atoms with Gasteiger partial charge < -0.3 is 30.0 Å². The molecule has 0 aliphatic rings. The number of rotatable bonds is 9. The van der Waals surface area contributed by atoms with E-state index < -0.39 is 0 Å². The first-order chi connectivity index (χ1) is 13.1. The van der Waals surface area contributed by atoms with E-state index in [1.54, 1.807) is 28.4 Å². The van der Waals surface area contributed by atoms with Gasteiger partial charge in [-0.15, -0.1) is 24.0 Å². The first-order valence-corrected chi connectivity index (χ1v) is 8.56. The Bertz CT molecular complexity index is 784. The maximum absolute atomic E-state index is 5.97. The van der Waals surface area contributed by atoms with E-state index in [1.165, 1.54) is 0 Å². The molecule has 28 heavy (non-hydrogen) atoms. The maximum atomic E-state index is 5.97. The van der Waals surface area contributed by atoms with Crippen LogP contribution in [0.5, 0.6) is 23.0 Å². The Morgan fingerprint density at radius 2 is 1.57 bits per heavy atom. The predicted octanol–water partition coefficient (Wildman–Crippen LogP) is 2.99. The van der Waals surface area contributed by atoms with Gasteiger partial charge >= 0.3 is 0 Å². The molecule has 0 aliphatic carbocycles. The summed E-state index contributed by atoms with van der Waals surface area (Å²) in [5.74, 6) is 3.34. The van der Waals surface area contributed by atoms with Gasteiger partial charge in [-0.3, -0.25) is 0 Å². The fourth-order valence-electron chi connectivity index (χ4n) is 2.61. The van der Waals surface area contributed by atoms with E-state index >= 15 is 0 Å². The predicted molar refractivity (Wildman–Crippen MR) is 122 cm³/mol. The molecule has 0 fully saturated rings. The van der Waals surface area contributed by atoms with Crippen LogP contribution in [-0.2, 0) is 13.0 Å². The first kappa shape index (κ1) is 23.7. The average molecular weight is 501 g/mol. The number of nitrogens with one attached hydrogen (secondary N) is 1. The number of methoxy groups -OCH3 is 4. The van der Waals surface area contributed by atoms with Gasteiger partial charge in [0.1, 0.15) is 11.5 Å². The van der Waals surface area contributed by atoms with E-state index in [4.69, 9.17) is 24.7 Å². The Balaban J connectivity index is 0.00000392. The van der Waals surface area contributed by atoms with E-state index in [1.807, 2.05) is 36.4 Å². The van der Waals surface area contributed by atoms with E-state index in [2.05, 4.69) is 10.3 Å². The molecule has 0 saturated heterocycles. The smallest absolute Gasteiger partial charge is 0.188 e. The van der Waals surface area contributed by atoms with Crippen LogP contribution >= 0.6 is 24.0 Å². The summed E-state index contributed by atoms with van der Waals surface area (Å²) in [6, 6.07) is 11.4. The Hall–Kier alpha value is -2.36. The van der Waals surface area contributed by atoms with Crippen molar-refractivity contribution < 1.29 is 18.9 Å². The van der Waals surface area contributed by atoms with Gasteiger partial charge in [0, 0.05) is 6.54 Å². The van der Waals surface area contributed by atoms with Crippen LogP contribution in [0.1, 0.15) is 11.1 Å². The highest BCUT2D eigenvalue weighted by Gasteiger charge is 2.06. The summed E-state index contributed by atoms with van der Waals surface area (Å²) in [7, 11) is 6.50. The van der Waals surface area contributed by atoms with E-state index in [-0.39, 0.29) is 24.0 Å². The van der Waals surface area contributed by atoms with Crippen molar-refractivity contribution in [1.82, 2.24) is 5.32 Å². The molecule has 0 saturated carbocycles. The molecular formula is C20H28IN3O4. The zero-order chi connectivity index (χ0) is 19.6. The summed E-state index contributed by atoms with van der Waals surface area (Å²) in [6.45, 7) is 1.08. The van der Waals surface area contributed by atoms with Crippen LogP contribution in [0.4, 0.5) is 0 Å². The maximum Gasteiger partial charge on any atom is 0.188 e. The standard InChI is InChI=1S/C20H27N3O4.HI/c1-24-16-6-8-17(25-2)15(12-16)9-10-22-20(21)23-13-14-5-7-18(26-3)19(11-14)27-4;/h5-8,11-12H,9-10,13H2,1-4H3,(H3,21,22,23);1H. The summed E-state index contributed by atoms with van der Waals surface area (Å²) >= 11 is 0. The second-order valence-electron chi connectivity index (χ2n) is 5.75. The largest absolute Gasteiger partial charge is 0.497 e. The first-order valence-electron chi connectivity index (χ1n) is 8.56. The summed E-state index contributed by atoms with van der Waals surface area (Å²) in [4.78, 5) is 4.36. The number of nitrogens with zero attached hydrogens (tertiary/aromatic N) is 1. The van der Waals surface area contributed by atoms with Crippen LogP contribution in [0.25, 0.3) is 0 Å². The number of ether oxygens (including phenoxy) is 4. The van der Waals surface area contributed by atoms with Gasteiger partial charge in [0.05, 0.1) is 35.0 Å². The lowest BCUT2D eigenvalue weighted by Crippen LogP contribution is -2.33. The van der Waals surface area contributed by atoms with Crippen LogP contribution < -0.4 is 30.0 Å². The van der Waals surface area contributed by atoms with Crippen molar-refractivity contribution >= 4 is 29.9 Å². The molecule has 0 amide bonds. The molecule has 0 radical (unpaired) electrons. The van der Waals surface area contributed by atoms with E-state index in [9.17, 15) is 0 Å². The minimum Gasteiger partial charge on any atom is -0.497 e. The van der Waals surface area contributed by atoms with Crippen LogP contribution in [0.2, 0.25) is 0 Å². The number of hydrogen-bond donors (Lipinski definition) is 2. The number of benzene rings is 2. The van der Waals surface area contributed by atoms with Gasteiger partial charge in [-0.2, -0.15) is 0 Å². The molecule has 8 heteroatoms. The van der Waals surface area contributed by atoms with Crippen molar-refractivity contribution in [3.63, 3.8) is 0 Å². The number of nitrogens with two attached hydrogens (primary N) is 1. The third-order valence-electron chi connectivity index (χ3n) is 4.07. The molecule has 0 heterocycles. The minimum atomic E-state index is 0. The fraction of sp³-hybridized carbons (Fsp3) is 0.350. The minimum absolute atomic E-state index is 0. The molecule has 2 rings (SSSR count). The highest BCUT2D eigenvalue weighted by molar-refractivity contribution is 14.0. The number of halogens is 1. The van der Waals surface area contributed by atoms with Gasteiger partial charge in [-0.25, -0.2) is 4.99 Å². The van der Waals surface area contributed by atoms with Crippen molar-refractivity contribution in [3.8, 4) is 23.0 Å². The topological polar surface area (TPSA) is 87.3 Å². The lowest BCUT2D eigenvalue weighted by atomic mass is 10.1. The van der Waals surface area contributed by atoms with Crippen LogP contribution in [-0.4, -0.2) is 40.9 Å². The summed E-state index contributed by atoms with van der Waals surface area (Å²) in [6.07, 6.45) is 0.729. The van der Waals surface area contributed by atoms with Crippen molar-refractivity contribution in [2.24, 2.45) is 10.7 Å². The van der Waals surface area contributed by atoms with E-state index in [0.29, 0.717) is 30.5 Å². The zero-order valence-electron chi connectivity index (χ0n) is 16.7. The third-order valence-corrected chi connectivity index (χ3v) is 4.07. The molecule has 0 unspecified atom stereocenters. The lowest BCUT2D eigenvalue weighted by Gasteiger charge is -2.11. The van der Waals surface area contributed by atoms with Gasteiger partial charge in [0.25, 0.3) is 0 Å². The molecule has 0 aliphatic heterocycles. The number of aliphatic imine (C=N–C) groups is 1. The normalized spacial score (nSPS) is 10.6. The molecular weight excluding hydrogens is 473 g/mol. The van der Waals surface area contributed by atoms with E-state index in [0.717, 1.165) is 29.0 Å². The lowest BCUT2D eigenvalue weighted by molar-refractivity contribution is 0.354. The van der Waals surface area contributed by atoms with Gasteiger partial charge in [0.2, 0.25) is 0 Å². The zero-order valence-corrected chi connectivity index (χ0v) is 19.0. The van der Waals surface area contributed by atoms with Crippen molar-refractivity contribution in [1.29, 1.82) is 0 Å². The number of hydrogen-bond acceptors (Lipinski definition) is 5. The molecule has 0 atom stereocenters. The highest BCUT2D eigenvalue weighted by atomic mass is 127. The van der Waals surface area contributed by atoms with Crippen molar-refractivity contribution in [2.75, 3.05) is 35.0 Å². The number of guanidine groups is 1. The quantitative estimate of drug-likeness (QED) is 0.312. The van der Waals surface area contributed by atoms with Crippen molar-refractivity contribution in [3.05, 3.63) is 47.5 Å². The monoisotopic (exact) mass is 501 g/mol. The van der Waals surface area contributed by atoms with Gasteiger partial charge in [0.15, 0.2) is 17.5 Å². The molecule has 0 aromatic heterocycles. The third kappa shape index (κ3) is 6.66. The van der Waals surface area contributed by atoms with Crippen molar-refractivity contribution in [2.45, 2.75) is 13.0 Å². The highest BCUT2D eigenvalue weighted by Crippen LogP contribution is 2.27. The Morgan fingerprint density at radius 3 is 2.21 bits per heavy atom. The van der Waals surface area contributed by atoms with Gasteiger partial charge in [-0.1, -0.05) is 6.07 Å².